The van der Waals surface area contributed by atoms with Crippen LogP contribution in [-0.4, -0.2) is 26.2 Å². The van der Waals surface area contributed by atoms with Gasteiger partial charge in [-0.25, -0.2) is 4.79 Å². The Morgan fingerprint density at radius 2 is 1.90 bits per heavy atom. The highest BCUT2D eigenvalue weighted by atomic mass is 16.5. The van der Waals surface area contributed by atoms with Crippen LogP contribution in [0, 0.1) is 6.92 Å². The van der Waals surface area contributed by atoms with E-state index >= 15 is 0 Å². The van der Waals surface area contributed by atoms with Crippen molar-refractivity contribution < 1.29 is 23.5 Å². The van der Waals surface area contributed by atoms with Gasteiger partial charge in [0.15, 0.2) is 5.43 Å². The van der Waals surface area contributed by atoms with Crippen LogP contribution in [0.15, 0.2) is 27.4 Å². The lowest BCUT2D eigenvalue weighted by Crippen LogP contribution is -2.21. The highest BCUT2D eigenvalue weighted by Crippen LogP contribution is 2.18. The molecule has 2 aromatic rings. The average Bonchev–Trinajstić information content (AvgIpc) is 2.49. The Bertz CT molecular complexity index is 772. The van der Waals surface area contributed by atoms with Gasteiger partial charge in [-0.15, -0.1) is 0 Å². The second-order valence-electron chi connectivity index (χ2n) is 4.48. The third kappa shape index (κ3) is 2.79. The number of esters is 2. The fourth-order valence-corrected chi connectivity index (χ4v) is 1.98. The summed E-state index contributed by atoms with van der Waals surface area (Å²) in [6.07, 6.45) is -0.354. The molecule has 0 amide bonds. The summed E-state index contributed by atoms with van der Waals surface area (Å²) in [5.74, 6) is -1.72. The third-order valence-electron chi connectivity index (χ3n) is 3.06. The highest BCUT2D eigenvalue weighted by Gasteiger charge is 2.23. The molecule has 110 valence electrons. The number of hydrogen-bond donors (Lipinski definition) is 0. The van der Waals surface area contributed by atoms with E-state index in [0.29, 0.717) is 5.39 Å². The van der Waals surface area contributed by atoms with Crippen LogP contribution in [0.25, 0.3) is 11.0 Å². The zero-order valence-electron chi connectivity index (χ0n) is 11.9. The molecule has 6 heteroatoms. The van der Waals surface area contributed by atoms with Crippen molar-refractivity contribution in [2.24, 2.45) is 0 Å². The molecule has 6 nitrogen and oxygen atoms in total. The van der Waals surface area contributed by atoms with Crippen LogP contribution in [0.4, 0.5) is 0 Å². The molecule has 0 atom stereocenters. The fourth-order valence-electron chi connectivity index (χ4n) is 1.98. The van der Waals surface area contributed by atoms with Gasteiger partial charge in [0.1, 0.15) is 5.58 Å². The number of hydrogen-bond acceptors (Lipinski definition) is 6. The second kappa shape index (κ2) is 5.78. The van der Waals surface area contributed by atoms with Crippen molar-refractivity contribution in [2.45, 2.75) is 13.3 Å². The van der Waals surface area contributed by atoms with Crippen molar-refractivity contribution in [3.63, 3.8) is 0 Å². The Kier molecular flexibility index (Phi) is 4.07. The number of rotatable bonds is 3. The lowest BCUT2D eigenvalue weighted by atomic mass is 10.1. The molecule has 1 heterocycles. The SMILES string of the molecule is COC(=O)Cc1c(C(=O)OC)oc2ccc(C)cc2c1=O. The van der Waals surface area contributed by atoms with Gasteiger partial charge >= 0.3 is 11.9 Å². The summed E-state index contributed by atoms with van der Waals surface area (Å²) in [5, 5.41) is 0.307. The fraction of sp³-hybridized carbons (Fsp3) is 0.267. The molecule has 0 saturated heterocycles. The van der Waals surface area contributed by atoms with Crippen LogP contribution in [0.2, 0.25) is 0 Å². The van der Waals surface area contributed by atoms with Gasteiger partial charge in [0, 0.05) is 0 Å². The van der Waals surface area contributed by atoms with Crippen LogP contribution in [0.5, 0.6) is 0 Å². The zero-order chi connectivity index (χ0) is 15.6. The van der Waals surface area contributed by atoms with E-state index in [-0.39, 0.29) is 23.3 Å². The summed E-state index contributed by atoms with van der Waals surface area (Å²) in [5.41, 5.74) is 0.627. The Morgan fingerprint density at radius 1 is 1.19 bits per heavy atom. The van der Waals surface area contributed by atoms with Crippen LogP contribution in [-0.2, 0) is 20.7 Å². The minimum Gasteiger partial charge on any atom is -0.469 e. The number of ether oxygens (including phenoxy) is 2. The van der Waals surface area contributed by atoms with Gasteiger partial charge in [0.05, 0.1) is 31.6 Å². The van der Waals surface area contributed by atoms with Crippen molar-refractivity contribution in [3.05, 3.63) is 45.3 Å². The van der Waals surface area contributed by atoms with E-state index in [1.165, 1.54) is 14.2 Å². The minimum absolute atomic E-state index is 0.0631. The third-order valence-corrected chi connectivity index (χ3v) is 3.06. The number of fused-ring (bicyclic) bond motifs is 1. The monoisotopic (exact) mass is 290 g/mol. The van der Waals surface area contributed by atoms with E-state index in [9.17, 15) is 14.4 Å². The number of carbonyl (C=O) groups is 2. The molecule has 0 aliphatic carbocycles. The summed E-state index contributed by atoms with van der Waals surface area (Å²) in [4.78, 5) is 35.7. The van der Waals surface area contributed by atoms with E-state index in [4.69, 9.17) is 4.42 Å². The van der Waals surface area contributed by atoms with Crippen LogP contribution < -0.4 is 5.43 Å². The Balaban J connectivity index is 2.77. The van der Waals surface area contributed by atoms with Gasteiger partial charge < -0.3 is 13.9 Å². The molecule has 2 rings (SSSR count). The summed E-state index contributed by atoms with van der Waals surface area (Å²) in [7, 11) is 2.37. The maximum Gasteiger partial charge on any atom is 0.374 e. The van der Waals surface area contributed by atoms with E-state index in [0.717, 1.165) is 5.56 Å². The van der Waals surface area contributed by atoms with Crippen molar-refractivity contribution in [1.82, 2.24) is 0 Å². The van der Waals surface area contributed by atoms with Crippen LogP contribution in [0.1, 0.15) is 21.7 Å². The molecule has 0 aliphatic rings. The number of methoxy groups -OCH3 is 2. The molecule has 0 N–H and O–H groups in total. The van der Waals surface area contributed by atoms with Gasteiger partial charge in [-0.05, 0) is 19.1 Å². The summed E-state index contributed by atoms with van der Waals surface area (Å²) < 4.78 is 14.6. The van der Waals surface area contributed by atoms with Crippen molar-refractivity contribution in [2.75, 3.05) is 14.2 Å². The number of carbonyl (C=O) groups excluding carboxylic acids is 2. The predicted octanol–water partition coefficient (Wildman–Crippen LogP) is 1.60. The number of aryl methyl sites for hydroxylation is 1. The predicted molar refractivity (Wildman–Crippen MR) is 74.3 cm³/mol. The minimum atomic E-state index is -0.812. The first kappa shape index (κ1) is 14.8. The van der Waals surface area contributed by atoms with Crippen LogP contribution >= 0.6 is 0 Å². The first-order chi connectivity index (χ1) is 9.97. The topological polar surface area (TPSA) is 82.8 Å². The first-order valence-corrected chi connectivity index (χ1v) is 6.19. The lowest BCUT2D eigenvalue weighted by Gasteiger charge is -2.08. The molecule has 1 aromatic heterocycles. The van der Waals surface area contributed by atoms with E-state index < -0.39 is 17.4 Å². The Labute approximate surface area is 120 Å². The van der Waals surface area contributed by atoms with Gasteiger partial charge in [-0.1, -0.05) is 11.6 Å². The standard InChI is InChI=1S/C15H14O6/c1-8-4-5-11-9(6-8)13(17)10(7-12(16)19-2)14(21-11)15(18)20-3/h4-6H,7H2,1-3H3. The molecule has 0 bridgehead atoms. The van der Waals surface area contributed by atoms with E-state index in [2.05, 4.69) is 9.47 Å². The van der Waals surface area contributed by atoms with E-state index in [1.54, 1.807) is 18.2 Å². The van der Waals surface area contributed by atoms with Gasteiger partial charge in [0.2, 0.25) is 5.76 Å². The maximum absolute atomic E-state index is 12.5. The molecular formula is C15H14O6. The van der Waals surface area contributed by atoms with Gasteiger partial charge in [-0.2, -0.15) is 0 Å². The van der Waals surface area contributed by atoms with Gasteiger partial charge in [0.25, 0.3) is 0 Å². The quantitative estimate of drug-likeness (QED) is 0.798. The zero-order valence-corrected chi connectivity index (χ0v) is 11.9. The smallest absolute Gasteiger partial charge is 0.374 e. The van der Waals surface area contributed by atoms with Crippen molar-refractivity contribution in [3.8, 4) is 0 Å². The van der Waals surface area contributed by atoms with E-state index in [1.807, 2.05) is 6.92 Å². The molecule has 0 spiro atoms. The largest absolute Gasteiger partial charge is 0.469 e. The molecule has 0 saturated carbocycles. The molecule has 0 radical (unpaired) electrons. The molecule has 0 aliphatic heterocycles. The second-order valence-corrected chi connectivity index (χ2v) is 4.48. The molecule has 1 aromatic carbocycles. The maximum atomic E-state index is 12.5. The van der Waals surface area contributed by atoms with Crippen LogP contribution in [0.3, 0.4) is 0 Å². The molecule has 21 heavy (non-hydrogen) atoms. The lowest BCUT2D eigenvalue weighted by molar-refractivity contribution is -0.139. The Hall–Kier alpha value is -2.63. The molecule has 0 fully saturated rings. The summed E-state index contributed by atoms with van der Waals surface area (Å²) >= 11 is 0. The summed E-state index contributed by atoms with van der Waals surface area (Å²) in [6.45, 7) is 1.83. The number of benzene rings is 1. The first-order valence-electron chi connectivity index (χ1n) is 6.19. The molecule has 0 unspecified atom stereocenters. The van der Waals surface area contributed by atoms with Gasteiger partial charge in [-0.3, -0.25) is 9.59 Å². The van der Waals surface area contributed by atoms with Crippen molar-refractivity contribution >= 4 is 22.9 Å². The normalized spacial score (nSPS) is 10.4. The average molecular weight is 290 g/mol. The Morgan fingerprint density at radius 3 is 2.52 bits per heavy atom. The highest BCUT2D eigenvalue weighted by molar-refractivity contribution is 5.92. The molecular weight excluding hydrogens is 276 g/mol. The van der Waals surface area contributed by atoms with Crippen molar-refractivity contribution in [1.29, 1.82) is 0 Å². The summed E-state index contributed by atoms with van der Waals surface area (Å²) in [6, 6.07) is 5.00.